The van der Waals surface area contributed by atoms with Gasteiger partial charge in [-0.1, -0.05) is 23.7 Å². The van der Waals surface area contributed by atoms with Crippen LogP contribution in [0.15, 0.2) is 54.2 Å². The molecule has 0 aliphatic carbocycles. The van der Waals surface area contributed by atoms with Crippen LogP contribution in [0.3, 0.4) is 0 Å². The summed E-state index contributed by atoms with van der Waals surface area (Å²) >= 11 is 7.76. The van der Waals surface area contributed by atoms with Gasteiger partial charge in [-0.15, -0.1) is 11.3 Å². The van der Waals surface area contributed by atoms with Crippen molar-refractivity contribution in [3.8, 4) is 11.3 Å². The zero-order chi connectivity index (χ0) is 20.3. The van der Waals surface area contributed by atoms with E-state index in [-0.39, 0.29) is 11.9 Å². The lowest BCUT2D eigenvalue weighted by molar-refractivity contribution is -0.131. The summed E-state index contributed by atoms with van der Waals surface area (Å²) < 4.78 is 5.54. The van der Waals surface area contributed by atoms with Gasteiger partial charge in [0.2, 0.25) is 5.91 Å². The number of nitrogens with zero attached hydrogens (tertiary/aromatic N) is 2. The normalized spacial score (nSPS) is 16.9. The molecule has 5 nitrogen and oxygen atoms in total. The summed E-state index contributed by atoms with van der Waals surface area (Å²) in [6.07, 6.45) is 4.76. The molecule has 29 heavy (non-hydrogen) atoms. The number of carbonyl (C=O) groups is 1. The summed E-state index contributed by atoms with van der Waals surface area (Å²) in [6, 6.07) is 11.3. The lowest BCUT2D eigenvalue weighted by Crippen LogP contribution is -2.48. The number of thiazole rings is 1. The molecule has 1 N–H and O–H groups in total. The van der Waals surface area contributed by atoms with Gasteiger partial charge in [-0.25, -0.2) is 4.98 Å². The monoisotopic (exact) mass is 427 g/mol. The molecule has 2 aromatic heterocycles. The molecule has 1 saturated heterocycles. The van der Waals surface area contributed by atoms with Gasteiger partial charge in [0.1, 0.15) is 5.01 Å². The zero-order valence-corrected chi connectivity index (χ0v) is 17.7. The van der Waals surface area contributed by atoms with Gasteiger partial charge in [0.05, 0.1) is 17.2 Å². The standard InChI is InChI=1S/C22H22ClN3O2S/c1-15(20-26-19(14-29-20)16-5-9-24-10-6-16)25-21(27)22(7-11-28-12-8-22)17-3-2-4-18(23)13-17/h2-6,9-10,13-15H,7-8,11-12H2,1H3,(H,25,27). The highest BCUT2D eigenvalue weighted by molar-refractivity contribution is 7.10. The van der Waals surface area contributed by atoms with Gasteiger partial charge >= 0.3 is 0 Å². The molecule has 0 radical (unpaired) electrons. The summed E-state index contributed by atoms with van der Waals surface area (Å²) in [4.78, 5) is 22.2. The Hall–Kier alpha value is -2.28. The van der Waals surface area contributed by atoms with Crippen LogP contribution in [0, 0.1) is 0 Å². The van der Waals surface area contributed by atoms with Gasteiger partial charge in [-0.05, 0) is 49.6 Å². The Morgan fingerprint density at radius 1 is 1.24 bits per heavy atom. The predicted molar refractivity (Wildman–Crippen MR) is 115 cm³/mol. The second kappa shape index (κ2) is 8.61. The number of hydrogen-bond donors (Lipinski definition) is 1. The summed E-state index contributed by atoms with van der Waals surface area (Å²) in [7, 11) is 0. The number of ether oxygens (including phenoxy) is 1. The highest BCUT2D eigenvalue weighted by Gasteiger charge is 2.42. The molecule has 3 aromatic rings. The smallest absolute Gasteiger partial charge is 0.231 e. The minimum atomic E-state index is -0.636. The average molecular weight is 428 g/mol. The van der Waals surface area contributed by atoms with E-state index >= 15 is 0 Å². The summed E-state index contributed by atoms with van der Waals surface area (Å²) in [6.45, 7) is 3.08. The molecule has 4 rings (SSSR count). The molecule has 1 aromatic carbocycles. The Morgan fingerprint density at radius 2 is 2.00 bits per heavy atom. The Balaban J connectivity index is 1.56. The number of nitrogens with one attached hydrogen (secondary N) is 1. The number of aromatic nitrogens is 2. The van der Waals surface area contributed by atoms with Gasteiger partial charge in [-0.3, -0.25) is 9.78 Å². The maximum atomic E-state index is 13.5. The van der Waals surface area contributed by atoms with E-state index in [1.165, 1.54) is 0 Å². The van der Waals surface area contributed by atoms with Crippen LogP contribution < -0.4 is 5.32 Å². The lowest BCUT2D eigenvalue weighted by Gasteiger charge is -2.37. The second-order valence-corrected chi connectivity index (χ2v) is 8.53. The molecule has 1 atom stereocenters. The van der Waals surface area contributed by atoms with Crippen LogP contribution in [0.4, 0.5) is 0 Å². The first-order valence-electron chi connectivity index (χ1n) is 9.59. The van der Waals surface area contributed by atoms with Crippen molar-refractivity contribution >= 4 is 28.8 Å². The fraction of sp³-hybridized carbons (Fsp3) is 0.318. The largest absolute Gasteiger partial charge is 0.381 e. The minimum absolute atomic E-state index is 0.00349. The van der Waals surface area contributed by atoms with Crippen LogP contribution >= 0.6 is 22.9 Å². The van der Waals surface area contributed by atoms with Gasteiger partial charge in [0, 0.05) is 41.6 Å². The van der Waals surface area contributed by atoms with Crippen LogP contribution in [-0.4, -0.2) is 29.1 Å². The quantitative estimate of drug-likeness (QED) is 0.636. The summed E-state index contributed by atoms with van der Waals surface area (Å²) in [5.41, 5.74) is 2.21. The van der Waals surface area contributed by atoms with E-state index in [0.717, 1.165) is 21.8 Å². The Kier molecular flexibility index (Phi) is 5.94. The first-order valence-corrected chi connectivity index (χ1v) is 10.8. The maximum absolute atomic E-state index is 13.5. The van der Waals surface area contributed by atoms with E-state index in [2.05, 4.69) is 10.3 Å². The number of rotatable bonds is 5. The van der Waals surface area contributed by atoms with Crippen molar-refractivity contribution < 1.29 is 9.53 Å². The molecule has 1 unspecified atom stereocenters. The molecular formula is C22H22ClN3O2S. The average Bonchev–Trinajstić information content (AvgIpc) is 3.25. The summed E-state index contributed by atoms with van der Waals surface area (Å²) in [5, 5.41) is 6.70. The Bertz CT molecular complexity index is 986. The summed E-state index contributed by atoms with van der Waals surface area (Å²) in [5.74, 6) is -0.00349. The molecular weight excluding hydrogens is 406 g/mol. The Morgan fingerprint density at radius 3 is 2.72 bits per heavy atom. The van der Waals surface area contributed by atoms with E-state index in [4.69, 9.17) is 21.3 Å². The van der Waals surface area contributed by atoms with Gasteiger partial charge in [0.15, 0.2) is 0 Å². The van der Waals surface area contributed by atoms with Gasteiger partial charge in [0.25, 0.3) is 0 Å². The molecule has 0 spiro atoms. The molecule has 1 aliphatic rings. The van der Waals surface area contributed by atoms with Crippen molar-refractivity contribution in [2.45, 2.75) is 31.2 Å². The van der Waals surface area contributed by atoms with Crippen molar-refractivity contribution in [1.29, 1.82) is 0 Å². The third-order valence-electron chi connectivity index (χ3n) is 5.37. The van der Waals surface area contributed by atoms with Gasteiger partial charge in [-0.2, -0.15) is 0 Å². The molecule has 1 amide bonds. The SMILES string of the molecule is CC(NC(=O)C1(c2cccc(Cl)c2)CCOCC1)c1nc(-c2ccncc2)cs1. The highest BCUT2D eigenvalue weighted by atomic mass is 35.5. The number of benzene rings is 1. The molecule has 3 heterocycles. The molecule has 1 fully saturated rings. The van der Waals surface area contributed by atoms with Crippen molar-refractivity contribution in [2.75, 3.05) is 13.2 Å². The van der Waals surface area contributed by atoms with E-state index in [1.807, 2.05) is 48.7 Å². The number of pyridine rings is 1. The number of amides is 1. The van der Waals surface area contributed by atoms with Gasteiger partial charge < -0.3 is 10.1 Å². The van der Waals surface area contributed by atoms with E-state index in [0.29, 0.717) is 31.1 Å². The third-order valence-corrected chi connectivity index (χ3v) is 6.64. The van der Waals surface area contributed by atoms with Crippen LogP contribution in [-0.2, 0) is 14.9 Å². The van der Waals surface area contributed by atoms with Crippen LogP contribution in [0.2, 0.25) is 5.02 Å². The van der Waals surface area contributed by atoms with Crippen LogP contribution in [0.25, 0.3) is 11.3 Å². The molecule has 7 heteroatoms. The van der Waals surface area contributed by atoms with Crippen molar-refractivity contribution in [1.82, 2.24) is 15.3 Å². The number of hydrogen-bond acceptors (Lipinski definition) is 5. The molecule has 0 bridgehead atoms. The first-order chi connectivity index (χ1) is 14.1. The number of carbonyl (C=O) groups excluding carboxylic acids is 1. The Labute approximate surface area is 179 Å². The maximum Gasteiger partial charge on any atom is 0.231 e. The van der Waals surface area contributed by atoms with E-state index in [1.54, 1.807) is 23.7 Å². The first kappa shape index (κ1) is 20.0. The van der Waals surface area contributed by atoms with Crippen molar-refractivity contribution in [3.05, 3.63) is 69.8 Å². The minimum Gasteiger partial charge on any atom is -0.381 e. The molecule has 150 valence electrons. The highest BCUT2D eigenvalue weighted by Crippen LogP contribution is 2.37. The fourth-order valence-corrected chi connectivity index (χ4v) is 4.72. The third kappa shape index (κ3) is 4.20. The lowest BCUT2D eigenvalue weighted by atomic mass is 9.73. The van der Waals surface area contributed by atoms with Crippen LogP contribution in [0.5, 0.6) is 0 Å². The molecule has 0 saturated carbocycles. The fourth-order valence-electron chi connectivity index (χ4n) is 3.69. The van der Waals surface area contributed by atoms with E-state index < -0.39 is 5.41 Å². The number of halogens is 1. The zero-order valence-electron chi connectivity index (χ0n) is 16.1. The molecule has 1 aliphatic heterocycles. The second-order valence-electron chi connectivity index (χ2n) is 7.21. The van der Waals surface area contributed by atoms with E-state index in [9.17, 15) is 4.79 Å². The predicted octanol–water partition coefficient (Wildman–Crippen LogP) is 4.78. The van der Waals surface area contributed by atoms with Crippen molar-refractivity contribution in [3.63, 3.8) is 0 Å². The topological polar surface area (TPSA) is 64.1 Å². The van der Waals surface area contributed by atoms with Crippen molar-refractivity contribution in [2.24, 2.45) is 0 Å². The van der Waals surface area contributed by atoms with Crippen LogP contribution in [0.1, 0.15) is 36.4 Å².